The van der Waals surface area contributed by atoms with Gasteiger partial charge >= 0.3 is 0 Å². The summed E-state index contributed by atoms with van der Waals surface area (Å²) in [5.74, 6) is 0. The van der Waals surface area contributed by atoms with Crippen LogP contribution in [-0.4, -0.2) is 0 Å². The van der Waals surface area contributed by atoms with Crippen molar-refractivity contribution in [2.24, 2.45) is 0 Å². The molecule has 0 aromatic heterocycles. The highest BCUT2D eigenvalue weighted by Crippen LogP contribution is 2.43. The second kappa shape index (κ2) is 6.10. The Balaban J connectivity index is 2.27. The molecule has 0 atom stereocenters. The maximum atomic E-state index is 4.18. The first-order valence-electron chi connectivity index (χ1n) is 9.38. The van der Waals surface area contributed by atoms with Gasteiger partial charge in [0.25, 0.3) is 0 Å². The minimum atomic E-state index is 1.21. The molecule has 0 N–H and O–H groups in total. The molecule has 0 saturated carbocycles. The van der Waals surface area contributed by atoms with Crippen molar-refractivity contribution in [3.8, 4) is 0 Å². The molecular weight excluding hydrogens is 324 g/mol. The maximum Gasteiger partial charge on any atom is -0.00139 e. The van der Waals surface area contributed by atoms with Crippen molar-refractivity contribution in [1.29, 1.82) is 0 Å². The van der Waals surface area contributed by atoms with Gasteiger partial charge in [-0.1, -0.05) is 97.6 Å². The Labute approximate surface area is 159 Å². The van der Waals surface area contributed by atoms with Gasteiger partial charge in [-0.2, -0.15) is 0 Å². The second-order valence-electron chi connectivity index (χ2n) is 6.92. The van der Waals surface area contributed by atoms with Gasteiger partial charge in [-0.05, 0) is 61.1 Å². The van der Waals surface area contributed by atoms with Crippen LogP contribution in [0, 0.1) is 0 Å². The van der Waals surface area contributed by atoms with Crippen LogP contribution in [-0.2, 0) is 0 Å². The van der Waals surface area contributed by atoms with Gasteiger partial charge in [0.15, 0.2) is 0 Å². The summed E-state index contributed by atoms with van der Waals surface area (Å²) < 4.78 is 0. The number of hydrogen-bond donors (Lipinski definition) is 0. The van der Waals surface area contributed by atoms with Crippen molar-refractivity contribution in [2.45, 2.75) is 6.92 Å². The Morgan fingerprint density at radius 2 is 1.00 bits per heavy atom. The third kappa shape index (κ3) is 2.17. The minimum Gasteiger partial charge on any atom is -0.0984 e. The minimum absolute atomic E-state index is 1.21. The highest BCUT2D eigenvalue weighted by Gasteiger charge is 2.16. The van der Waals surface area contributed by atoms with Gasteiger partial charge in [0, 0.05) is 0 Å². The van der Waals surface area contributed by atoms with E-state index in [9.17, 15) is 0 Å². The molecule has 0 aliphatic rings. The summed E-state index contributed by atoms with van der Waals surface area (Å²) in [6, 6.07) is 26.2. The summed E-state index contributed by atoms with van der Waals surface area (Å²) in [7, 11) is 0. The molecule has 5 rings (SSSR count). The monoisotopic (exact) mass is 344 g/mol. The van der Waals surface area contributed by atoms with Gasteiger partial charge in [-0.3, -0.25) is 0 Å². The zero-order valence-corrected chi connectivity index (χ0v) is 15.4. The average molecular weight is 344 g/mol. The fourth-order valence-corrected chi connectivity index (χ4v) is 4.47. The van der Waals surface area contributed by atoms with E-state index in [0.717, 1.165) is 0 Å². The zero-order chi connectivity index (χ0) is 18.4. The van der Waals surface area contributed by atoms with Gasteiger partial charge < -0.3 is 0 Å². The Morgan fingerprint density at radius 1 is 0.556 bits per heavy atom. The Kier molecular flexibility index (Phi) is 3.58. The number of allylic oxidation sites excluding steroid dienone is 1. The summed E-state index contributed by atoms with van der Waals surface area (Å²) in [4.78, 5) is 0. The van der Waals surface area contributed by atoms with Crippen LogP contribution in [0.5, 0.6) is 0 Å². The van der Waals surface area contributed by atoms with Crippen LogP contribution in [0.15, 0.2) is 85.5 Å². The molecule has 0 heterocycles. The van der Waals surface area contributed by atoms with Crippen molar-refractivity contribution in [3.05, 3.63) is 96.6 Å². The molecule has 0 spiro atoms. The molecule has 0 bridgehead atoms. The van der Waals surface area contributed by atoms with Crippen LogP contribution in [0.1, 0.15) is 18.1 Å². The van der Waals surface area contributed by atoms with Crippen LogP contribution < -0.4 is 0 Å². The van der Waals surface area contributed by atoms with Crippen LogP contribution in [0.4, 0.5) is 0 Å². The lowest BCUT2D eigenvalue weighted by atomic mass is 9.85. The van der Waals surface area contributed by atoms with Crippen LogP contribution in [0.2, 0.25) is 0 Å². The van der Waals surface area contributed by atoms with E-state index in [1.165, 1.54) is 54.2 Å². The molecule has 5 aromatic rings. The third-order valence-electron chi connectivity index (χ3n) is 5.52. The molecule has 0 radical (unpaired) electrons. The van der Waals surface area contributed by atoms with E-state index in [1.54, 1.807) is 0 Å². The van der Waals surface area contributed by atoms with Crippen molar-refractivity contribution >= 4 is 55.2 Å². The van der Waals surface area contributed by atoms with Crippen LogP contribution >= 0.6 is 0 Å². The van der Waals surface area contributed by atoms with Gasteiger partial charge in [0.2, 0.25) is 0 Å². The Bertz CT molecular complexity index is 1380. The van der Waals surface area contributed by atoms with Crippen LogP contribution in [0.3, 0.4) is 0 Å². The lowest BCUT2D eigenvalue weighted by molar-refractivity contribution is 1.70. The van der Waals surface area contributed by atoms with Crippen molar-refractivity contribution < 1.29 is 0 Å². The van der Waals surface area contributed by atoms with Crippen molar-refractivity contribution in [3.63, 3.8) is 0 Å². The number of rotatable bonds is 2. The fraction of sp³-hybridized carbons (Fsp3) is 0.0370. The van der Waals surface area contributed by atoms with E-state index >= 15 is 0 Å². The predicted molar refractivity (Wildman–Crippen MR) is 121 cm³/mol. The SMILES string of the molecule is C=Cc1c(/C=C\C)c2ccccc2c2c3ccccc3c3ccccc3c12. The van der Waals surface area contributed by atoms with Gasteiger partial charge in [0.1, 0.15) is 0 Å². The summed E-state index contributed by atoms with van der Waals surface area (Å²) in [6.45, 7) is 6.26. The van der Waals surface area contributed by atoms with E-state index in [0.29, 0.717) is 0 Å². The molecule has 0 saturated heterocycles. The first-order chi connectivity index (χ1) is 13.3. The van der Waals surface area contributed by atoms with E-state index in [2.05, 4.69) is 98.5 Å². The largest absolute Gasteiger partial charge is 0.0984 e. The van der Waals surface area contributed by atoms with Crippen molar-refractivity contribution in [1.82, 2.24) is 0 Å². The van der Waals surface area contributed by atoms with E-state index < -0.39 is 0 Å². The molecule has 0 aliphatic carbocycles. The van der Waals surface area contributed by atoms with Gasteiger partial charge in [-0.15, -0.1) is 0 Å². The van der Waals surface area contributed by atoms with Crippen LogP contribution in [0.25, 0.3) is 55.2 Å². The topological polar surface area (TPSA) is 0 Å². The first kappa shape index (κ1) is 15.8. The second-order valence-corrected chi connectivity index (χ2v) is 6.92. The number of hydrogen-bond acceptors (Lipinski definition) is 0. The molecule has 27 heavy (non-hydrogen) atoms. The fourth-order valence-electron chi connectivity index (χ4n) is 4.47. The standard InChI is InChI=1S/C27H20/c1-3-11-19-18(4-2)26-23-15-8-6-13-21(23)22-14-7-10-17-25(22)27(26)24-16-9-5-12-20(19)24/h3-17H,2H2,1H3/b11-3-. The first-order valence-corrected chi connectivity index (χ1v) is 9.38. The average Bonchev–Trinajstić information content (AvgIpc) is 2.74. The molecule has 0 fully saturated rings. The van der Waals surface area contributed by atoms with Gasteiger partial charge in [0.05, 0.1) is 0 Å². The van der Waals surface area contributed by atoms with E-state index in [1.807, 2.05) is 6.08 Å². The number of fused-ring (bicyclic) bond motifs is 8. The molecule has 128 valence electrons. The summed E-state index contributed by atoms with van der Waals surface area (Å²) in [6.07, 6.45) is 6.35. The van der Waals surface area contributed by atoms with Gasteiger partial charge in [-0.25, -0.2) is 0 Å². The highest BCUT2D eigenvalue weighted by atomic mass is 14.2. The van der Waals surface area contributed by atoms with Crippen molar-refractivity contribution in [2.75, 3.05) is 0 Å². The Morgan fingerprint density at radius 3 is 1.52 bits per heavy atom. The summed E-state index contributed by atoms with van der Waals surface area (Å²) in [5, 5.41) is 10.4. The maximum absolute atomic E-state index is 4.18. The summed E-state index contributed by atoms with van der Waals surface area (Å²) in [5.41, 5.74) is 2.46. The Hall–Kier alpha value is -3.38. The zero-order valence-electron chi connectivity index (χ0n) is 15.4. The normalized spacial score (nSPS) is 11.9. The molecule has 0 aliphatic heterocycles. The number of benzene rings is 5. The third-order valence-corrected chi connectivity index (χ3v) is 5.52. The smallest absolute Gasteiger partial charge is 0.00139 e. The lowest BCUT2D eigenvalue weighted by Gasteiger charge is -2.18. The quantitative estimate of drug-likeness (QED) is 0.285. The molecule has 0 amide bonds. The van der Waals surface area contributed by atoms with E-state index in [-0.39, 0.29) is 0 Å². The van der Waals surface area contributed by atoms with E-state index in [4.69, 9.17) is 0 Å². The molecule has 0 nitrogen and oxygen atoms in total. The lowest BCUT2D eigenvalue weighted by Crippen LogP contribution is -1.92. The molecule has 0 heteroatoms. The summed E-state index contributed by atoms with van der Waals surface area (Å²) >= 11 is 0. The molecular formula is C27H20. The predicted octanol–water partition coefficient (Wildman–Crippen LogP) is 7.98. The highest BCUT2D eigenvalue weighted by molar-refractivity contribution is 6.34. The molecule has 0 unspecified atom stereocenters. The molecule has 5 aromatic carbocycles.